The maximum atomic E-state index is 13.0. The van der Waals surface area contributed by atoms with Gasteiger partial charge in [-0.2, -0.15) is 0 Å². The van der Waals surface area contributed by atoms with Gasteiger partial charge in [-0.25, -0.2) is 4.39 Å². The van der Waals surface area contributed by atoms with Crippen molar-refractivity contribution < 1.29 is 13.9 Å². The lowest BCUT2D eigenvalue weighted by atomic mass is 10.1. The van der Waals surface area contributed by atoms with E-state index in [1.54, 1.807) is 0 Å². The predicted molar refractivity (Wildman–Crippen MR) is 110 cm³/mol. The van der Waals surface area contributed by atoms with Gasteiger partial charge in [0.2, 0.25) is 0 Å². The topological polar surface area (TPSA) is 30.5 Å². The molecule has 146 valence electrons. The first kappa shape index (κ1) is 19.9. The van der Waals surface area contributed by atoms with Crippen LogP contribution < -0.4 is 14.8 Å². The molecular weight excluding hydrogens is 353 g/mol. The van der Waals surface area contributed by atoms with Gasteiger partial charge in [0.15, 0.2) is 11.5 Å². The molecule has 0 aliphatic rings. The molecule has 0 aliphatic carbocycles. The lowest BCUT2D eigenvalue weighted by Gasteiger charge is -2.16. The monoisotopic (exact) mass is 379 g/mol. The molecule has 0 saturated heterocycles. The van der Waals surface area contributed by atoms with Gasteiger partial charge in [0, 0.05) is 12.1 Å². The molecule has 3 rings (SSSR count). The number of hydrogen-bond donors (Lipinski definition) is 1. The summed E-state index contributed by atoms with van der Waals surface area (Å²) < 4.78 is 24.9. The largest absolute Gasteiger partial charge is 0.490 e. The van der Waals surface area contributed by atoms with Gasteiger partial charge in [0.1, 0.15) is 12.4 Å². The van der Waals surface area contributed by atoms with Gasteiger partial charge >= 0.3 is 0 Å². The summed E-state index contributed by atoms with van der Waals surface area (Å²) in [7, 11) is 0. The Morgan fingerprint density at radius 1 is 0.821 bits per heavy atom. The van der Waals surface area contributed by atoms with E-state index in [1.165, 1.54) is 12.1 Å². The Morgan fingerprint density at radius 3 is 2.36 bits per heavy atom. The first-order valence-corrected chi connectivity index (χ1v) is 9.63. The smallest absolute Gasteiger partial charge is 0.166 e. The summed E-state index contributed by atoms with van der Waals surface area (Å²) in [4.78, 5) is 0. The van der Waals surface area contributed by atoms with Crippen molar-refractivity contribution in [3.63, 3.8) is 0 Å². The molecule has 3 aromatic rings. The molecule has 0 amide bonds. The minimum absolute atomic E-state index is 0.204. The zero-order chi connectivity index (χ0) is 19.6. The second kappa shape index (κ2) is 10.5. The lowest BCUT2D eigenvalue weighted by molar-refractivity contribution is 0.266. The van der Waals surface area contributed by atoms with Crippen LogP contribution in [0.15, 0.2) is 72.8 Å². The van der Waals surface area contributed by atoms with Crippen LogP contribution in [0.1, 0.15) is 23.6 Å². The first-order chi connectivity index (χ1) is 13.8. The Kier molecular flexibility index (Phi) is 7.44. The molecule has 0 unspecified atom stereocenters. The maximum Gasteiger partial charge on any atom is 0.166 e. The van der Waals surface area contributed by atoms with Gasteiger partial charge in [-0.1, -0.05) is 54.6 Å². The number of nitrogens with one attached hydrogen (secondary N) is 1. The number of halogens is 1. The third-order valence-electron chi connectivity index (χ3n) is 4.41. The molecule has 0 bridgehead atoms. The Morgan fingerprint density at radius 2 is 1.61 bits per heavy atom. The molecule has 0 atom stereocenters. The number of rotatable bonds is 10. The molecule has 0 saturated carbocycles. The zero-order valence-corrected chi connectivity index (χ0v) is 16.2. The van der Waals surface area contributed by atoms with Gasteiger partial charge in [0.05, 0.1) is 6.61 Å². The Balaban J connectivity index is 1.62. The van der Waals surface area contributed by atoms with Crippen molar-refractivity contribution in [3.05, 3.63) is 95.3 Å². The molecular formula is C24H26FNO2. The van der Waals surface area contributed by atoms with Crippen molar-refractivity contribution in [2.24, 2.45) is 0 Å². The standard InChI is InChI=1S/C24H26FNO2/c1-2-27-23-10-6-9-21(24(23)28-18-20-7-4-3-5-8-20)17-26-16-15-19-11-13-22(25)14-12-19/h3-14,26H,2,15-18H2,1H3. The summed E-state index contributed by atoms with van der Waals surface area (Å²) in [5.41, 5.74) is 3.28. The fourth-order valence-corrected chi connectivity index (χ4v) is 2.97. The van der Waals surface area contributed by atoms with Crippen LogP contribution in [0.2, 0.25) is 0 Å². The summed E-state index contributed by atoms with van der Waals surface area (Å²) >= 11 is 0. The molecule has 0 aromatic heterocycles. The SMILES string of the molecule is CCOc1cccc(CNCCc2ccc(F)cc2)c1OCc1ccccc1. The normalized spacial score (nSPS) is 10.6. The van der Waals surface area contributed by atoms with Crippen LogP contribution in [-0.4, -0.2) is 13.2 Å². The van der Waals surface area contributed by atoms with Crippen molar-refractivity contribution in [1.82, 2.24) is 5.32 Å². The van der Waals surface area contributed by atoms with Crippen molar-refractivity contribution in [2.75, 3.05) is 13.2 Å². The van der Waals surface area contributed by atoms with E-state index < -0.39 is 0 Å². The lowest BCUT2D eigenvalue weighted by Crippen LogP contribution is -2.17. The maximum absolute atomic E-state index is 13.0. The van der Waals surface area contributed by atoms with E-state index in [0.717, 1.165) is 41.2 Å². The van der Waals surface area contributed by atoms with Crippen LogP contribution in [0.3, 0.4) is 0 Å². The Bertz CT molecular complexity index is 850. The summed E-state index contributed by atoms with van der Waals surface area (Å²) in [6, 6.07) is 22.7. The van der Waals surface area contributed by atoms with Crippen LogP contribution in [0.5, 0.6) is 11.5 Å². The van der Waals surface area contributed by atoms with E-state index in [4.69, 9.17) is 9.47 Å². The van der Waals surface area contributed by atoms with Crippen LogP contribution in [0.4, 0.5) is 4.39 Å². The van der Waals surface area contributed by atoms with Gasteiger partial charge in [-0.15, -0.1) is 0 Å². The van der Waals surface area contributed by atoms with Crippen molar-refractivity contribution in [2.45, 2.75) is 26.5 Å². The number of benzene rings is 3. The van der Waals surface area contributed by atoms with Crippen molar-refractivity contribution >= 4 is 0 Å². The second-order valence-electron chi connectivity index (χ2n) is 6.50. The summed E-state index contributed by atoms with van der Waals surface area (Å²) in [5, 5.41) is 3.44. The minimum atomic E-state index is -0.204. The molecule has 3 nitrogen and oxygen atoms in total. The van der Waals surface area contributed by atoms with Gasteiger partial charge in [-0.05, 0) is 49.2 Å². The molecule has 4 heteroatoms. The molecule has 0 radical (unpaired) electrons. The van der Waals surface area contributed by atoms with Crippen LogP contribution in [0.25, 0.3) is 0 Å². The van der Waals surface area contributed by atoms with E-state index in [0.29, 0.717) is 19.8 Å². The average Bonchev–Trinajstić information content (AvgIpc) is 2.73. The van der Waals surface area contributed by atoms with E-state index in [9.17, 15) is 4.39 Å². The number of hydrogen-bond acceptors (Lipinski definition) is 3. The quantitative estimate of drug-likeness (QED) is 0.495. The van der Waals surface area contributed by atoms with Gasteiger partial charge in [-0.3, -0.25) is 0 Å². The fraction of sp³-hybridized carbons (Fsp3) is 0.250. The summed E-state index contributed by atoms with van der Waals surface area (Å²) in [5.74, 6) is 1.34. The van der Waals surface area contributed by atoms with Crippen LogP contribution in [-0.2, 0) is 19.6 Å². The Hall–Kier alpha value is -2.85. The molecule has 3 aromatic carbocycles. The molecule has 28 heavy (non-hydrogen) atoms. The highest BCUT2D eigenvalue weighted by Crippen LogP contribution is 2.32. The highest BCUT2D eigenvalue weighted by atomic mass is 19.1. The van der Waals surface area contributed by atoms with E-state index in [1.807, 2.05) is 67.6 Å². The van der Waals surface area contributed by atoms with E-state index in [2.05, 4.69) is 5.32 Å². The Labute approximate surface area is 166 Å². The highest BCUT2D eigenvalue weighted by molar-refractivity contribution is 5.46. The van der Waals surface area contributed by atoms with Crippen LogP contribution >= 0.6 is 0 Å². The molecule has 0 fully saturated rings. The molecule has 0 heterocycles. The summed E-state index contributed by atoms with van der Waals surface area (Å²) in [6.07, 6.45) is 0.839. The third-order valence-corrected chi connectivity index (χ3v) is 4.41. The van der Waals surface area contributed by atoms with Gasteiger partial charge < -0.3 is 14.8 Å². The van der Waals surface area contributed by atoms with Crippen molar-refractivity contribution in [1.29, 1.82) is 0 Å². The third kappa shape index (κ3) is 5.83. The number of ether oxygens (including phenoxy) is 2. The van der Waals surface area contributed by atoms with Crippen molar-refractivity contribution in [3.8, 4) is 11.5 Å². The van der Waals surface area contributed by atoms with Crippen LogP contribution in [0, 0.1) is 5.82 Å². The molecule has 0 spiro atoms. The van der Waals surface area contributed by atoms with E-state index in [-0.39, 0.29) is 5.82 Å². The average molecular weight is 379 g/mol. The first-order valence-electron chi connectivity index (χ1n) is 9.63. The highest BCUT2D eigenvalue weighted by Gasteiger charge is 2.11. The predicted octanol–water partition coefficient (Wildman–Crippen LogP) is 5.14. The number of para-hydroxylation sites is 1. The fourth-order valence-electron chi connectivity index (χ4n) is 2.97. The summed E-state index contributed by atoms with van der Waals surface area (Å²) in [6.45, 7) is 4.51. The van der Waals surface area contributed by atoms with E-state index >= 15 is 0 Å². The van der Waals surface area contributed by atoms with Gasteiger partial charge in [0.25, 0.3) is 0 Å². The zero-order valence-electron chi connectivity index (χ0n) is 16.2. The molecule has 0 aliphatic heterocycles. The minimum Gasteiger partial charge on any atom is -0.490 e. The molecule has 1 N–H and O–H groups in total. The second-order valence-corrected chi connectivity index (χ2v) is 6.50.